The van der Waals surface area contributed by atoms with Gasteiger partial charge in [-0.15, -0.1) is 10.2 Å². The third-order valence-electron chi connectivity index (χ3n) is 4.78. The Kier molecular flexibility index (Phi) is 5.51. The Morgan fingerprint density at radius 1 is 1.21 bits per heavy atom. The minimum atomic E-state index is -0.428. The van der Waals surface area contributed by atoms with Crippen LogP contribution in [0.3, 0.4) is 0 Å². The van der Waals surface area contributed by atoms with E-state index >= 15 is 0 Å². The third-order valence-corrected chi connectivity index (χ3v) is 6.49. The topological polar surface area (TPSA) is 81.1 Å². The molecule has 0 saturated carbocycles. The Labute approximate surface area is 181 Å². The number of carbonyl (C=O) groups excluding carboxylic acids is 1. The van der Waals surface area contributed by atoms with Crippen LogP contribution in [0.4, 0.5) is 5.69 Å². The average Bonchev–Trinajstić information content (AvgIpc) is 3.09. The van der Waals surface area contributed by atoms with Gasteiger partial charge in [0.1, 0.15) is 16.8 Å². The van der Waals surface area contributed by atoms with Crippen LogP contribution >= 0.6 is 27.7 Å². The van der Waals surface area contributed by atoms with E-state index < -0.39 is 5.25 Å². The van der Waals surface area contributed by atoms with E-state index in [2.05, 4.69) is 36.9 Å². The maximum absolute atomic E-state index is 13.3. The van der Waals surface area contributed by atoms with E-state index in [1.54, 1.807) is 7.11 Å². The van der Waals surface area contributed by atoms with Crippen LogP contribution in [-0.4, -0.2) is 33.1 Å². The first kappa shape index (κ1) is 19.8. The van der Waals surface area contributed by atoms with Gasteiger partial charge in [0.25, 0.3) is 0 Å². The zero-order valence-electron chi connectivity index (χ0n) is 16.1. The second kappa shape index (κ2) is 8.08. The molecule has 0 radical (unpaired) electrons. The monoisotopic (exact) mass is 473 g/mol. The quantitative estimate of drug-likeness (QED) is 0.594. The lowest BCUT2D eigenvalue weighted by Gasteiger charge is -2.33. The maximum Gasteiger partial charge on any atom is 0.240 e. The van der Waals surface area contributed by atoms with Crippen molar-refractivity contribution in [1.29, 1.82) is 0 Å². The fourth-order valence-electron chi connectivity index (χ4n) is 3.19. The van der Waals surface area contributed by atoms with Crippen LogP contribution < -0.4 is 15.5 Å². The first-order chi connectivity index (χ1) is 14.0. The fraction of sp³-hybridized carbons (Fsp3) is 0.250. The Morgan fingerprint density at radius 3 is 2.66 bits per heavy atom. The van der Waals surface area contributed by atoms with Gasteiger partial charge in [-0.1, -0.05) is 39.8 Å². The number of methoxy groups -OCH3 is 1. The van der Waals surface area contributed by atoms with E-state index in [1.165, 1.54) is 11.8 Å². The van der Waals surface area contributed by atoms with E-state index in [4.69, 9.17) is 4.74 Å². The number of thioether (sulfide) groups is 1. The van der Waals surface area contributed by atoms with E-state index in [0.717, 1.165) is 32.9 Å². The van der Waals surface area contributed by atoms with Gasteiger partial charge in [-0.05, 0) is 55.3 Å². The van der Waals surface area contributed by atoms with Gasteiger partial charge in [-0.2, -0.15) is 0 Å². The van der Waals surface area contributed by atoms with Crippen LogP contribution in [0.5, 0.6) is 5.75 Å². The molecule has 1 aromatic heterocycles. The second-order valence-electron chi connectivity index (χ2n) is 6.73. The van der Waals surface area contributed by atoms with Gasteiger partial charge >= 0.3 is 0 Å². The van der Waals surface area contributed by atoms with Crippen LogP contribution in [0, 0.1) is 13.8 Å². The van der Waals surface area contributed by atoms with Gasteiger partial charge in [0.2, 0.25) is 11.1 Å². The van der Waals surface area contributed by atoms with Gasteiger partial charge < -0.3 is 15.5 Å². The molecule has 0 fully saturated rings. The van der Waals surface area contributed by atoms with Crippen LogP contribution in [0.25, 0.3) is 0 Å². The number of hydrogen-bond donors (Lipinski definition) is 2. The Bertz CT molecular complexity index is 1050. The predicted octanol–water partition coefficient (Wildman–Crippen LogP) is 4.06. The molecule has 1 aliphatic heterocycles. The lowest BCUT2D eigenvalue weighted by atomic mass is 10.0. The lowest BCUT2D eigenvalue weighted by Crippen LogP contribution is -2.41. The first-order valence-electron chi connectivity index (χ1n) is 9.02. The number of fused-ring (bicyclic) bond motifs is 1. The summed E-state index contributed by atoms with van der Waals surface area (Å²) in [6.07, 6.45) is 0. The molecule has 0 bridgehead atoms. The molecule has 4 rings (SSSR count). The van der Waals surface area contributed by atoms with Gasteiger partial charge in [-0.25, -0.2) is 4.68 Å². The summed E-state index contributed by atoms with van der Waals surface area (Å²) in [5, 5.41) is 11.6. The molecule has 2 unspecified atom stereocenters. The number of aromatic nitrogens is 3. The summed E-state index contributed by atoms with van der Waals surface area (Å²) < 4.78 is 8.06. The summed E-state index contributed by atoms with van der Waals surface area (Å²) >= 11 is 4.86. The number of amides is 1. The van der Waals surface area contributed by atoms with Crippen LogP contribution in [-0.2, 0) is 4.79 Å². The minimum Gasteiger partial charge on any atom is -0.497 e. The second-order valence-corrected chi connectivity index (χ2v) is 8.76. The molecule has 150 valence electrons. The Balaban J connectivity index is 1.66. The number of rotatable bonds is 4. The molecule has 7 nitrogen and oxygen atoms in total. The molecular weight excluding hydrogens is 454 g/mol. The number of halogens is 1. The van der Waals surface area contributed by atoms with Crippen LogP contribution in [0.1, 0.15) is 23.0 Å². The molecule has 2 atom stereocenters. The largest absolute Gasteiger partial charge is 0.497 e. The van der Waals surface area contributed by atoms with Crippen LogP contribution in [0.15, 0.2) is 52.1 Å². The average molecular weight is 474 g/mol. The summed E-state index contributed by atoms with van der Waals surface area (Å²) in [4.78, 5) is 13.3. The summed E-state index contributed by atoms with van der Waals surface area (Å²) in [5.74, 6) is 1.42. The molecule has 1 aliphatic rings. The van der Waals surface area contributed by atoms with E-state index in [-0.39, 0.29) is 11.9 Å². The molecule has 1 amide bonds. The maximum atomic E-state index is 13.3. The fourth-order valence-corrected chi connectivity index (χ4v) is 4.79. The molecule has 0 aliphatic carbocycles. The highest BCUT2D eigenvalue weighted by Gasteiger charge is 2.37. The highest BCUT2D eigenvalue weighted by Crippen LogP contribution is 2.38. The molecule has 0 spiro atoms. The first-order valence-corrected chi connectivity index (χ1v) is 10.7. The summed E-state index contributed by atoms with van der Waals surface area (Å²) in [6, 6.07) is 13.2. The SMILES string of the molecule is COc1ccc(C2Nn3c(C)nnc3SC2C(=O)Nc2ccc(Br)cc2C)cc1. The van der Waals surface area contributed by atoms with E-state index in [1.807, 2.05) is 61.0 Å². The van der Waals surface area contributed by atoms with Crippen molar-refractivity contribution >= 4 is 39.3 Å². The Hall–Kier alpha value is -2.52. The molecule has 3 aromatic rings. The smallest absolute Gasteiger partial charge is 0.240 e. The zero-order chi connectivity index (χ0) is 20.5. The van der Waals surface area contributed by atoms with E-state index in [9.17, 15) is 4.79 Å². The molecular formula is C20H20BrN5O2S. The minimum absolute atomic E-state index is 0.0966. The normalized spacial score (nSPS) is 17.9. The number of carbonyl (C=O) groups is 1. The third kappa shape index (κ3) is 3.97. The highest BCUT2D eigenvalue weighted by molar-refractivity contribution is 9.10. The standard InChI is InChI=1S/C20H20BrN5O2S/c1-11-10-14(21)6-9-16(11)22-19(27)18-17(13-4-7-15(28-3)8-5-13)25-26-12(2)23-24-20(26)29-18/h4-10,17-18,25H,1-3H3,(H,22,27). The number of nitrogens with one attached hydrogen (secondary N) is 2. The molecule has 2 heterocycles. The molecule has 2 aromatic carbocycles. The van der Waals surface area contributed by atoms with Crippen molar-refractivity contribution in [3.05, 3.63) is 63.9 Å². The van der Waals surface area contributed by atoms with Crippen molar-refractivity contribution in [2.75, 3.05) is 17.9 Å². The summed E-state index contributed by atoms with van der Waals surface area (Å²) in [5.41, 5.74) is 6.15. The molecule has 9 heteroatoms. The molecule has 0 saturated heterocycles. The van der Waals surface area contributed by atoms with Crippen molar-refractivity contribution < 1.29 is 9.53 Å². The summed E-state index contributed by atoms with van der Waals surface area (Å²) in [6.45, 7) is 3.84. The lowest BCUT2D eigenvalue weighted by molar-refractivity contribution is -0.116. The van der Waals surface area contributed by atoms with Crippen molar-refractivity contribution in [1.82, 2.24) is 14.9 Å². The number of hydrogen-bond acceptors (Lipinski definition) is 6. The van der Waals surface area contributed by atoms with Crippen molar-refractivity contribution in [2.45, 2.75) is 30.3 Å². The highest BCUT2D eigenvalue weighted by atomic mass is 79.9. The van der Waals surface area contributed by atoms with Gasteiger partial charge in [0.15, 0.2) is 0 Å². The molecule has 29 heavy (non-hydrogen) atoms. The van der Waals surface area contributed by atoms with Gasteiger partial charge in [0.05, 0.1) is 13.2 Å². The predicted molar refractivity (Wildman–Crippen MR) is 117 cm³/mol. The number of anilines is 1. The van der Waals surface area contributed by atoms with Gasteiger partial charge in [0, 0.05) is 10.2 Å². The number of aryl methyl sites for hydroxylation is 2. The van der Waals surface area contributed by atoms with Gasteiger partial charge in [-0.3, -0.25) is 4.79 Å². The van der Waals surface area contributed by atoms with Crippen molar-refractivity contribution in [2.24, 2.45) is 0 Å². The van der Waals surface area contributed by atoms with Crippen molar-refractivity contribution in [3.8, 4) is 5.75 Å². The van der Waals surface area contributed by atoms with E-state index in [0.29, 0.717) is 5.16 Å². The number of benzene rings is 2. The molecule has 2 N–H and O–H groups in total. The summed E-state index contributed by atoms with van der Waals surface area (Å²) in [7, 11) is 1.63. The Morgan fingerprint density at radius 2 is 1.97 bits per heavy atom. The number of ether oxygens (including phenoxy) is 1. The number of nitrogens with zero attached hydrogens (tertiary/aromatic N) is 3. The zero-order valence-corrected chi connectivity index (χ0v) is 18.5. The van der Waals surface area contributed by atoms with Crippen molar-refractivity contribution in [3.63, 3.8) is 0 Å². The van der Waals surface area contributed by atoms with Crippen LogP contribution in [0.2, 0.25) is 0 Å².